The van der Waals surface area contributed by atoms with Gasteiger partial charge in [0.2, 0.25) is 0 Å². The highest BCUT2D eigenvalue weighted by Crippen LogP contribution is 2.44. The molecule has 0 fully saturated rings. The second-order valence-corrected chi connectivity index (χ2v) is 9.85. The van der Waals surface area contributed by atoms with Gasteiger partial charge in [-0.15, -0.1) is 0 Å². The minimum Gasteiger partial charge on any atom is -0.458 e. The van der Waals surface area contributed by atoms with E-state index in [2.05, 4.69) is 17.4 Å². The van der Waals surface area contributed by atoms with Gasteiger partial charge < -0.3 is 14.8 Å². The van der Waals surface area contributed by atoms with Crippen LogP contribution in [0.15, 0.2) is 66.7 Å². The van der Waals surface area contributed by atoms with Gasteiger partial charge in [-0.25, -0.2) is 14.0 Å². The maximum Gasteiger partial charge on any atom is 0.407 e. The van der Waals surface area contributed by atoms with Gasteiger partial charge in [0.05, 0.1) is 0 Å². The minimum atomic E-state index is -1.10. The second kappa shape index (κ2) is 9.90. The number of amides is 1. The number of carbonyl (C=O) groups is 2. The molecular formula is C29H30FNO4. The molecule has 1 aliphatic carbocycles. The highest BCUT2D eigenvalue weighted by Gasteiger charge is 2.31. The number of alkyl carbamates (subject to hydrolysis) is 1. The molecule has 4 rings (SSSR count). The molecule has 1 amide bonds. The maximum absolute atomic E-state index is 14.4. The van der Waals surface area contributed by atoms with Crippen molar-refractivity contribution >= 4 is 12.1 Å². The van der Waals surface area contributed by atoms with Gasteiger partial charge in [0.15, 0.2) is 0 Å². The normalized spacial score (nSPS) is 13.5. The zero-order valence-electron chi connectivity index (χ0n) is 20.4. The van der Waals surface area contributed by atoms with Crippen LogP contribution in [0.2, 0.25) is 0 Å². The average molecular weight is 476 g/mol. The third-order valence-electron chi connectivity index (χ3n) is 5.95. The van der Waals surface area contributed by atoms with Crippen LogP contribution in [0, 0.1) is 12.7 Å². The van der Waals surface area contributed by atoms with E-state index in [1.165, 1.54) is 6.07 Å². The van der Waals surface area contributed by atoms with E-state index in [0.29, 0.717) is 5.56 Å². The molecule has 182 valence electrons. The lowest BCUT2D eigenvalue weighted by molar-refractivity contribution is -0.157. The summed E-state index contributed by atoms with van der Waals surface area (Å²) in [6, 6.07) is 19.7. The first-order valence-corrected chi connectivity index (χ1v) is 11.7. The largest absolute Gasteiger partial charge is 0.458 e. The van der Waals surface area contributed by atoms with Gasteiger partial charge in [-0.05, 0) is 61.6 Å². The molecule has 0 heterocycles. The quantitative estimate of drug-likeness (QED) is 0.449. The van der Waals surface area contributed by atoms with Crippen molar-refractivity contribution < 1.29 is 23.5 Å². The molecule has 6 heteroatoms. The van der Waals surface area contributed by atoms with Crippen molar-refractivity contribution in [3.8, 4) is 11.1 Å². The summed E-state index contributed by atoms with van der Waals surface area (Å²) in [5.41, 5.74) is 4.84. The molecule has 35 heavy (non-hydrogen) atoms. The number of hydrogen-bond acceptors (Lipinski definition) is 4. The van der Waals surface area contributed by atoms with Crippen LogP contribution in [0.1, 0.15) is 48.9 Å². The molecule has 0 aliphatic heterocycles. The number of esters is 1. The van der Waals surface area contributed by atoms with Gasteiger partial charge in [0.1, 0.15) is 24.1 Å². The zero-order chi connectivity index (χ0) is 25.2. The van der Waals surface area contributed by atoms with Gasteiger partial charge in [-0.2, -0.15) is 0 Å². The number of rotatable bonds is 6. The molecule has 5 nitrogen and oxygen atoms in total. The molecule has 0 aromatic heterocycles. The van der Waals surface area contributed by atoms with Crippen molar-refractivity contribution in [1.29, 1.82) is 0 Å². The van der Waals surface area contributed by atoms with Crippen molar-refractivity contribution in [1.82, 2.24) is 5.32 Å². The lowest BCUT2D eigenvalue weighted by atomic mass is 9.98. The van der Waals surface area contributed by atoms with E-state index < -0.39 is 29.5 Å². The van der Waals surface area contributed by atoms with Crippen molar-refractivity contribution in [2.24, 2.45) is 0 Å². The van der Waals surface area contributed by atoms with Gasteiger partial charge in [0, 0.05) is 12.3 Å². The Hall–Kier alpha value is -3.67. The fourth-order valence-electron chi connectivity index (χ4n) is 4.43. The first-order valence-electron chi connectivity index (χ1n) is 11.7. The first kappa shape index (κ1) is 24.5. The number of fused-ring (bicyclic) bond motifs is 3. The predicted octanol–water partition coefficient (Wildman–Crippen LogP) is 5.93. The Morgan fingerprint density at radius 3 is 2.17 bits per heavy atom. The van der Waals surface area contributed by atoms with Crippen molar-refractivity contribution in [2.75, 3.05) is 6.61 Å². The Bertz CT molecular complexity index is 1200. The fourth-order valence-corrected chi connectivity index (χ4v) is 4.43. The van der Waals surface area contributed by atoms with Crippen LogP contribution >= 0.6 is 0 Å². The van der Waals surface area contributed by atoms with Crippen LogP contribution in [0.3, 0.4) is 0 Å². The second-order valence-electron chi connectivity index (χ2n) is 9.85. The van der Waals surface area contributed by atoms with Crippen molar-refractivity contribution in [2.45, 2.75) is 51.7 Å². The van der Waals surface area contributed by atoms with Gasteiger partial charge in [-0.1, -0.05) is 66.2 Å². The highest BCUT2D eigenvalue weighted by atomic mass is 19.1. The Kier molecular flexibility index (Phi) is 6.92. The lowest BCUT2D eigenvalue weighted by Crippen LogP contribution is -2.46. The molecule has 3 aromatic rings. The van der Waals surface area contributed by atoms with Gasteiger partial charge in [0.25, 0.3) is 0 Å². The predicted molar refractivity (Wildman–Crippen MR) is 133 cm³/mol. The number of ether oxygens (including phenoxy) is 2. The number of aryl methyl sites for hydroxylation is 1. The topological polar surface area (TPSA) is 64.6 Å². The van der Waals surface area contributed by atoms with E-state index >= 15 is 0 Å². The summed E-state index contributed by atoms with van der Waals surface area (Å²) in [7, 11) is 0. The molecule has 1 N–H and O–H groups in total. The van der Waals surface area contributed by atoms with Crippen molar-refractivity contribution in [3.05, 3.63) is 94.8 Å². The summed E-state index contributed by atoms with van der Waals surface area (Å²) in [5.74, 6) is -1.20. The molecule has 0 radical (unpaired) electrons. The number of benzene rings is 3. The molecule has 1 atom stereocenters. The van der Waals surface area contributed by atoms with E-state index in [-0.39, 0.29) is 18.9 Å². The van der Waals surface area contributed by atoms with Crippen LogP contribution in [0.5, 0.6) is 0 Å². The summed E-state index contributed by atoms with van der Waals surface area (Å²) in [6.45, 7) is 7.16. The minimum absolute atomic E-state index is 0.0490. The summed E-state index contributed by atoms with van der Waals surface area (Å²) in [5, 5.41) is 2.60. The lowest BCUT2D eigenvalue weighted by Gasteiger charge is -2.25. The Balaban J connectivity index is 1.49. The van der Waals surface area contributed by atoms with E-state index in [4.69, 9.17) is 9.47 Å². The van der Waals surface area contributed by atoms with Crippen LogP contribution in [0.4, 0.5) is 9.18 Å². The summed E-state index contributed by atoms with van der Waals surface area (Å²) < 4.78 is 25.5. The Labute approximate surface area is 205 Å². The molecule has 0 saturated carbocycles. The van der Waals surface area contributed by atoms with Crippen LogP contribution in [0.25, 0.3) is 11.1 Å². The van der Waals surface area contributed by atoms with Crippen molar-refractivity contribution in [3.63, 3.8) is 0 Å². The highest BCUT2D eigenvalue weighted by molar-refractivity contribution is 5.82. The summed E-state index contributed by atoms with van der Waals surface area (Å²) >= 11 is 0. The first-order chi connectivity index (χ1) is 16.6. The Morgan fingerprint density at radius 1 is 0.971 bits per heavy atom. The van der Waals surface area contributed by atoms with E-state index in [1.807, 2.05) is 43.3 Å². The van der Waals surface area contributed by atoms with E-state index in [1.54, 1.807) is 32.9 Å². The number of nitrogens with one attached hydrogen (secondary N) is 1. The standard InChI is InChI=1S/C29H30FNO4/c1-18-13-14-25(30)19(15-18)16-26(27(32)35-29(2,3)4)31-28(33)34-17-24-22-11-7-5-9-20(22)21-10-6-8-12-23(21)24/h5-15,24,26H,16-17H2,1-4H3,(H,31,33). The maximum atomic E-state index is 14.4. The van der Waals surface area contributed by atoms with Crippen LogP contribution in [-0.4, -0.2) is 30.3 Å². The van der Waals surface area contributed by atoms with Gasteiger partial charge >= 0.3 is 12.1 Å². The molecular weight excluding hydrogens is 445 g/mol. The molecule has 1 aliphatic rings. The molecule has 0 spiro atoms. The number of halogens is 1. The van der Waals surface area contributed by atoms with Crippen LogP contribution in [-0.2, 0) is 20.7 Å². The molecule has 1 unspecified atom stereocenters. The van der Waals surface area contributed by atoms with Gasteiger partial charge in [-0.3, -0.25) is 0 Å². The molecule has 3 aromatic carbocycles. The SMILES string of the molecule is Cc1ccc(F)c(CC(NC(=O)OCC2c3ccccc3-c3ccccc32)C(=O)OC(C)(C)C)c1. The third-order valence-corrected chi connectivity index (χ3v) is 5.95. The number of carbonyl (C=O) groups excluding carboxylic acids is 2. The molecule has 0 saturated heterocycles. The third kappa shape index (κ3) is 5.70. The summed E-state index contributed by atoms with van der Waals surface area (Å²) in [4.78, 5) is 25.7. The zero-order valence-corrected chi connectivity index (χ0v) is 20.4. The van der Waals surface area contributed by atoms with E-state index in [9.17, 15) is 14.0 Å². The fraction of sp³-hybridized carbons (Fsp3) is 0.310. The smallest absolute Gasteiger partial charge is 0.407 e. The van der Waals surface area contributed by atoms with E-state index in [0.717, 1.165) is 27.8 Å². The monoisotopic (exact) mass is 475 g/mol. The van der Waals surface area contributed by atoms with Crippen LogP contribution < -0.4 is 5.32 Å². The average Bonchev–Trinajstić information content (AvgIpc) is 3.12. The Morgan fingerprint density at radius 2 is 1.57 bits per heavy atom. The molecule has 0 bridgehead atoms. The number of hydrogen-bond donors (Lipinski definition) is 1. The summed E-state index contributed by atoms with van der Waals surface area (Å²) in [6.07, 6.45) is -0.803.